The summed E-state index contributed by atoms with van der Waals surface area (Å²) in [5, 5.41) is 5.08. The second-order valence-corrected chi connectivity index (χ2v) is 5.25. The molecule has 8 heteroatoms. The molecule has 0 aromatic heterocycles. The van der Waals surface area contributed by atoms with Crippen LogP contribution in [0.5, 0.6) is 0 Å². The molecule has 0 spiro atoms. The smallest absolute Gasteiger partial charge is 0.340 e. The lowest BCUT2D eigenvalue weighted by molar-refractivity contribution is -0.127. The normalized spacial score (nSPS) is 9.86. The molecule has 0 aliphatic rings. The summed E-state index contributed by atoms with van der Waals surface area (Å²) in [6.07, 6.45) is 0. The minimum atomic E-state index is -0.713. The summed E-state index contributed by atoms with van der Waals surface area (Å²) in [5.74, 6) is -1.60. The number of rotatable bonds is 6. The van der Waals surface area contributed by atoms with Gasteiger partial charge in [0, 0.05) is 11.0 Å². The second-order valence-electron chi connectivity index (χ2n) is 3.93. The fourth-order valence-electron chi connectivity index (χ4n) is 1.35. The number of esters is 1. The maximum absolute atomic E-state index is 11.8. The molecule has 0 unspecified atom stereocenters. The molecule has 21 heavy (non-hydrogen) atoms. The fraction of sp³-hybridized carbons (Fsp3) is 0.308. The fourth-order valence-corrected chi connectivity index (χ4v) is 1.91. The Balaban J connectivity index is 2.44. The number of nitrogens with one attached hydrogen (secondary N) is 2. The molecule has 0 aliphatic heterocycles. The summed E-state index contributed by atoms with van der Waals surface area (Å²) < 4.78 is 5.50. The molecule has 0 saturated carbocycles. The molecule has 2 amide bonds. The second kappa shape index (κ2) is 8.63. The van der Waals surface area contributed by atoms with Crippen LogP contribution in [-0.2, 0) is 14.3 Å². The molecule has 0 radical (unpaired) electrons. The highest BCUT2D eigenvalue weighted by Gasteiger charge is 2.14. The van der Waals surface area contributed by atoms with Crippen molar-refractivity contribution in [2.24, 2.45) is 0 Å². The highest BCUT2D eigenvalue weighted by molar-refractivity contribution is 9.10. The largest absolute Gasteiger partial charge is 0.452 e. The van der Waals surface area contributed by atoms with Crippen LogP contribution in [-0.4, -0.2) is 37.5 Å². The summed E-state index contributed by atoms with van der Waals surface area (Å²) in [5.41, 5.74) is 0.155. The van der Waals surface area contributed by atoms with Crippen LogP contribution in [0.15, 0.2) is 22.7 Å². The van der Waals surface area contributed by atoms with Gasteiger partial charge in [-0.15, -0.1) is 0 Å². The first-order valence-electron chi connectivity index (χ1n) is 6.09. The summed E-state index contributed by atoms with van der Waals surface area (Å²) in [6, 6.07) is 4.72. The summed E-state index contributed by atoms with van der Waals surface area (Å²) >= 11 is 9.08. The Labute approximate surface area is 135 Å². The van der Waals surface area contributed by atoms with E-state index in [2.05, 4.69) is 26.6 Å². The van der Waals surface area contributed by atoms with Gasteiger partial charge in [-0.1, -0.05) is 27.5 Å². The van der Waals surface area contributed by atoms with Gasteiger partial charge in [0.1, 0.15) is 0 Å². The lowest BCUT2D eigenvalue weighted by atomic mass is 10.2. The van der Waals surface area contributed by atoms with Gasteiger partial charge in [-0.05, 0) is 25.1 Å². The van der Waals surface area contributed by atoms with Gasteiger partial charge in [-0.3, -0.25) is 9.59 Å². The van der Waals surface area contributed by atoms with Crippen LogP contribution in [0.4, 0.5) is 0 Å². The van der Waals surface area contributed by atoms with Crippen molar-refractivity contribution < 1.29 is 19.1 Å². The molecule has 6 nitrogen and oxygen atoms in total. The Morgan fingerprint density at radius 1 is 1.24 bits per heavy atom. The van der Waals surface area contributed by atoms with Gasteiger partial charge in [0.2, 0.25) is 5.91 Å². The Morgan fingerprint density at radius 3 is 2.62 bits per heavy atom. The molecule has 1 aromatic carbocycles. The van der Waals surface area contributed by atoms with Crippen molar-refractivity contribution in [3.8, 4) is 0 Å². The third kappa shape index (κ3) is 6.14. The van der Waals surface area contributed by atoms with E-state index in [1.165, 1.54) is 12.1 Å². The molecule has 0 heterocycles. The van der Waals surface area contributed by atoms with E-state index < -0.39 is 18.5 Å². The lowest BCUT2D eigenvalue weighted by Gasteiger charge is -2.07. The Hall–Kier alpha value is -1.60. The SMILES string of the molecule is CCNC(=O)CNC(=O)COC(=O)c1cc(Br)ccc1Cl. The number of carbonyl (C=O) groups excluding carboxylic acids is 3. The third-order valence-corrected chi connectivity index (χ3v) is 3.13. The molecule has 0 aliphatic carbocycles. The van der Waals surface area contributed by atoms with Gasteiger partial charge < -0.3 is 15.4 Å². The van der Waals surface area contributed by atoms with Crippen LogP contribution < -0.4 is 10.6 Å². The molecule has 0 fully saturated rings. The predicted molar refractivity (Wildman–Crippen MR) is 81.1 cm³/mol. The van der Waals surface area contributed by atoms with Crippen LogP contribution in [0.25, 0.3) is 0 Å². The van der Waals surface area contributed by atoms with Gasteiger partial charge in [0.25, 0.3) is 5.91 Å². The van der Waals surface area contributed by atoms with Crippen LogP contribution in [0, 0.1) is 0 Å². The lowest BCUT2D eigenvalue weighted by Crippen LogP contribution is -2.38. The van der Waals surface area contributed by atoms with E-state index in [1.807, 2.05) is 0 Å². The standard InChI is InChI=1S/C13H14BrClN2O4/c1-2-16-11(18)6-17-12(19)7-21-13(20)9-5-8(14)3-4-10(9)15/h3-5H,2,6-7H2,1H3,(H,16,18)(H,17,19). The number of hydrogen-bond donors (Lipinski definition) is 2. The Kier molecular flexibility index (Phi) is 7.18. The molecule has 1 aromatic rings. The molecule has 1 rings (SSSR count). The Morgan fingerprint density at radius 2 is 1.95 bits per heavy atom. The summed E-state index contributed by atoms with van der Waals surface area (Å²) in [6.45, 7) is 1.59. The molecular weight excluding hydrogens is 364 g/mol. The zero-order valence-corrected chi connectivity index (χ0v) is 13.6. The van der Waals surface area contributed by atoms with Crippen molar-refractivity contribution in [1.82, 2.24) is 10.6 Å². The van der Waals surface area contributed by atoms with Gasteiger partial charge >= 0.3 is 5.97 Å². The average Bonchev–Trinajstić information content (AvgIpc) is 2.45. The third-order valence-electron chi connectivity index (χ3n) is 2.30. The van der Waals surface area contributed by atoms with Crippen molar-refractivity contribution in [2.45, 2.75) is 6.92 Å². The van der Waals surface area contributed by atoms with Crippen molar-refractivity contribution in [3.05, 3.63) is 33.3 Å². The van der Waals surface area contributed by atoms with Crippen molar-refractivity contribution in [2.75, 3.05) is 19.7 Å². The maximum Gasteiger partial charge on any atom is 0.340 e. The topological polar surface area (TPSA) is 84.5 Å². The van der Waals surface area contributed by atoms with Gasteiger partial charge in [-0.25, -0.2) is 4.79 Å². The van der Waals surface area contributed by atoms with E-state index in [0.29, 0.717) is 11.0 Å². The van der Waals surface area contributed by atoms with Crippen LogP contribution in [0.1, 0.15) is 17.3 Å². The Bertz CT molecular complexity index is 551. The highest BCUT2D eigenvalue weighted by Crippen LogP contribution is 2.21. The molecule has 2 N–H and O–H groups in total. The molecule has 0 atom stereocenters. The van der Waals surface area contributed by atoms with E-state index in [4.69, 9.17) is 16.3 Å². The highest BCUT2D eigenvalue weighted by atomic mass is 79.9. The first kappa shape index (κ1) is 17.5. The zero-order valence-electron chi connectivity index (χ0n) is 11.2. The van der Waals surface area contributed by atoms with Gasteiger partial charge in [-0.2, -0.15) is 0 Å². The van der Waals surface area contributed by atoms with E-state index in [-0.39, 0.29) is 23.0 Å². The molecular formula is C13H14BrClN2O4. The maximum atomic E-state index is 11.8. The van der Waals surface area contributed by atoms with Crippen molar-refractivity contribution in [3.63, 3.8) is 0 Å². The van der Waals surface area contributed by atoms with Crippen LogP contribution in [0.2, 0.25) is 5.02 Å². The monoisotopic (exact) mass is 376 g/mol. The molecule has 0 bridgehead atoms. The summed E-state index contributed by atoms with van der Waals surface area (Å²) in [4.78, 5) is 34.3. The number of amides is 2. The first-order valence-corrected chi connectivity index (χ1v) is 7.26. The first-order chi connectivity index (χ1) is 9.93. The van der Waals surface area contributed by atoms with Crippen LogP contribution >= 0.6 is 27.5 Å². The zero-order chi connectivity index (χ0) is 15.8. The number of carbonyl (C=O) groups is 3. The van der Waals surface area contributed by atoms with Crippen molar-refractivity contribution in [1.29, 1.82) is 0 Å². The quantitative estimate of drug-likeness (QED) is 0.736. The average molecular weight is 378 g/mol. The van der Waals surface area contributed by atoms with Crippen molar-refractivity contribution >= 4 is 45.3 Å². The minimum absolute atomic E-state index is 0.155. The minimum Gasteiger partial charge on any atom is -0.452 e. The summed E-state index contributed by atoms with van der Waals surface area (Å²) in [7, 11) is 0. The number of ether oxygens (including phenoxy) is 1. The predicted octanol–water partition coefficient (Wildman–Crippen LogP) is 1.51. The number of hydrogen-bond acceptors (Lipinski definition) is 4. The number of likely N-dealkylation sites (N-methyl/N-ethyl adjacent to an activating group) is 1. The van der Waals surface area contributed by atoms with E-state index >= 15 is 0 Å². The van der Waals surface area contributed by atoms with Gasteiger partial charge in [0.15, 0.2) is 6.61 Å². The molecule has 114 valence electrons. The van der Waals surface area contributed by atoms with Crippen LogP contribution in [0.3, 0.4) is 0 Å². The number of benzene rings is 1. The van der Waals surface area contributed by atoms with E-state index in [0.717, 1.165) is 0 Å². The molecule has 0 saturated heterocycles. The number of halogens is 2. The van der Waals surface area contributed by atoms with E-state index in [1.54, 1.807) is 13.0 Å². The van der Waals surface area contributed by atoms with E-state index in [9.17, 15) is 14.4 Å². The van der Waals surface area contributed by atoms with Gasteiger partial charge in [0.05, 0.1) is 17.1 Å².